The van der Waals surface area contributed by atoms with Gasteiger partial charge in [0.2, 0.25) is 5.91 Å². The molecule has 25 heavy (non-hydrogen) atoms. The molecule has 3 rings (SSSR count). The molecular weight excluding hydrogens is 318 g/mol. The average molecular weight is 339 g/mol. The Morgan fingerprint density at radius 3 is 2.84 bits per heavy atom. The monoisotopic (exact) mass is 339 g/mol. The van der Waals surface area contributed by atoms with E-state index >= 15 is 0 Å². The van der Waals surface area contributed by atoms with Crippen LogP contribution < -0.4 is 11.1 Å². The van der Waals surface area contributed by atoms with Crippen LogP contribution >= 0.6 is 0 Å². The number of carbonyl (C=O) groups is 2. The second-order valence-corrected chi connectivity index (χ2v) is 6.46. The van der Waals surface area contributed by atoms with Crippen LogP contribution in [0, 0.1) is 5.92 Å². The lowest BCUT2D eigenvalue weighted by atomic mass is 9.95. The van der Waals surface area contributed by atoms with Gasteiger partial charge in [-0.3, -0.25) is 9.78 Å². The van der Waals surface area contributed by atoms with E-state index in [4.69, 9.17) is 5.73 Å². The van der Waals surface area contributed by atoms with Gasteiger partial charge < -0.3 is 16.2 Å². The van der Waals surface area contributed by atoms with Crippen molar-refractivity contribution in [3.8, 4) is 11.1 Å². The summed E-state index contributed by atoms with van der Waals surface area (Å²) in [6.07, 6.45) is 3.99. The van der Waals surface area contributed by atoms with Gasteiger partial charge in [-0.05, 0) is 48.7 Å². The van der Waals surface area contributed by atoms with Crippen molar-refractivity contribution in [1.82, 2.24) is 4.98 Å². The lowest BCUT2D eigenvalue weighted by Crippen LogP contribution is -2.22. The van der Waals surface area contributed by atoms with Crippen LogP contribution in [0.2, 0.25) is 0 Å². The third-order valence-corrected chi connectivity index (χ3v) is 4.60. The Labute approximate surface area is 146 Å². The van der Waals surface area contributed by atoms with Crippen LogP contribution in [-0.2, 0) is 4.79 Å². The Morgan fingerprint density at radius 1 is 1.28 bits per heavy atom. The number of carbonyl (C=O) groups excluding carboxylic acids is 1. The zero-order chi connectivity index (χ0) is 18.0. The van der Waals surface area contributed by atoms with Crippen molar-refractivity contribution in [3.63, 3.8) is 0 Å². The molecule has 6 heteroatoms. The van der Waals surface area contributed by atoms with E-state index in [1.165, 1.54) is 6.07 Å². The fourth-order valence-electron chi connectivity index (χ4n) is 3.02. The Morgan fingerprint density at radius 2 is 2.08 bits per heavy atom. The average Bonchev–Trinajstić information content (AvgIpc) is 2.61. The summed E-state index contributed by atoms with van der Waals surface area (Å²) < 4.78 is 0. The van der Waals surface area contributed by atoms with Gasteiger partial charge in [-0.15, -0.1) is 0 Å². The molecule has 1 aliphatic rings. The maximum atomic E-state index is 12.4. The van der Waals surface area contributed by atoms with Crippen LogP contribution in [0.4, 0.5) is 5.69 Å². The number of aromatic carboxylic acids is 1. The van der Waals surface area contributed by atoms with E-state index in [0.717, 1.165) is 30.5 Å². The molecule has 1 amide bonds. The highest BCUT2D eigenvalue weighted by Gasteiger charge is 2.19. The molecule has 0 saturated carbocycles. The molecule has 4 N–H and O–H groups in total. The SMILES string of the molecule is C[C@@H]1CCC[C@H](N)c2cc(ccn2)-c2cc(C(=O)O)ccc2NC1=O. The molecule has 0 unspecified atom stereocenters. The van der Waals surface area contributed by atoms with Crippen molar-refractivity contribution in [2.45, 2.75) is 32.2 Å². The molecule has 0 radical (unpaired) electrons. The minimum absolute atomic E-state index is 0.0762. The van der Waals surface area contributed by atoms with Gasteiger partial charge in [0.15, 0.2) is 0 Å². The summed E-state index contributed by atoms with van der Waals surface area (Å²) >= 11 is 0. The quantitative estimate of drug-likeness (QED) is 0.740. The normalized spacial score (nSPS) is 20.6. The topological polar surface area (TPSA) is 105 Å². The number of nitrogens with one attached hydrogen (secondary N) is 1. The zero-order valence-electron chi connectivity index (χ0n) is 14.0. The minimum atomic E-state index is -1.01. The van der Waals surface area contributed by atoms with Crippen LogP contribution in [-0.4, -0.2) is 22.0 Å². The van der Waals surface area contributed by atoms with Gasteiger partial charge in [0.25, 0.3) is 0 Å². The van der Waals surface area contributed by atoms with Gasteiger partial charge in [0, 0.05) is 29.4 Å². The number of fused-ring (bicyclic) bond motifs is 4. The number of benzene rings is 1. The van der Waals surface area contributed by atoms with E-state index in [2.05, 4.69) is 10.3 Å². The van der Waals surface area contributed by atoms with Crippen LogP contribution in [0.15, 0.2) is 36.5 Å². The highest BCUT2D eigenvalue weighted by atomic mass is 16.4. The third kappa shape index (κ3) is 3.69. The number of pyridine rings is 1. The number of amides is 1. The molecule has 2 bridgehead atoms. The summed E-state index contributed by atoms with van der Waals surface area (Å²) in [6, 6.07) is 8.15. The number of aromatic nitrogens is 1. The van der Waals surface area contributed by atoms with E-state index in [9.17, 15) is 14.7 Å². The Balaban J connectivity index is 2.16. The van der Waals surface area contributed by atoms with Gasteiger partial charge in [0.1, 0.15) is 0 Å². The van der Waals surface area contributed by atoms with E-state index in [1.54, 1.807) is 24.4 Å². The number of carboxylic acids is 1. The fraction of sp³-hybridized carbons (Fsp3) is 0.316. The van der Waals surface area contributed by atoms with E-state index in [-0.39, 0.29) is 23.4 Å². The molecule has 1 aliphatic heterocycles. The number of hydrogen-bond acceptors (Lipinski definition) is 4. The first-order chi connectivity index (χ1) is 12.0. The molecule has 2 heterocycles. The first-order valence-electron chi connectivity index (χ1n) is 8.36. The summed E-state index contributed by atoms with van der Waals surface area (Å²) in [5.74, 6) is -1.24. The largest absolute Gasteiger partial charge is 0.478 e. The number of anilines is 1. The van der Waals surface area contributed by atoms with Crippen molar-refractivity contribution in [3.05, 3.63) is 47.8 Å². The number of nitrogens with zero attached hydrogens (tertiary/aromatic N) is 1. The van der Waals surface area contributed by atoms with Crippen molar-refractivity contribution in [2.75, 3.05) is 5.32 Å². The van der Waals surface area contributed by atoms with Crippen molar-refractivity contribution < 1.29 is 14.7 Å². The van der Waals surface area contributed by atoms with Gasteiger partial charge in [-0.25, -0.2) is 4.79 Å². The van der Waals surface area contributed by atoms with Crippen LogP contribution in [0.3, 0.4) is 0 Å². The van der Waals surface area contributed by atoms with Crippen molar-refractivity contribution >= 4 is 17.6 Å². The summed E-state index contributed by atoms with van der Waals surface area (Å²) in [7, 11) is 0. The first kappa shape index (κ1) is 17.1. The molecule has 0 saturated heterocycles. The zero-order valence-corrected chi connectivity index (χ0v) is 14.0. The van der Waals surface area contributed by atoms with Gasteiger partial charge in [0.05, 0.1) is 11.3 Å². The summed E-state index contributed by atoms with van der Waals surface area (Å²) in [5.41, 5.74) is 9.20. The predicted octanol–water partition coefficient (Wildman–Crippen LogP) is 3.21. The molecule has 0 spiro atoms. The van der Waals surface area contributed by atoms with Gasteiger partial charge in [-0.1, -0.05) is 13.3 Å². The highest BCUT2D eigenvalue weighted by Crippen LogP contribution is 2.32. The fourth-order valence-corrected chi connectivity index (χ4v) is 3.02. The number of rotatable bonds is 1. The van der Waals surface area contributed by atoms with Crippen LogP contribution in [0.5, 0.6) is 0 Å². The first-order valence-corrected chi connectivity index (χ1v) is 8.36. The predicted molar refractivity (Wildman–Crippen MR) is 95.2 cm³/mol. The number of carboxylic acid groups (broad SMARTS) is 1. The molecule has 130 valence electrons. The molecule has 2 aromatic rings. The highest BCUT2D eigenvalue weighted by molar-refractivity contribution is 5.99. The Kier molecular flexibility index (Phi) is 4.81. The lowest BCUT2D eigenvalue weighted by Gasteiger charge is -2.19. The second kappa shape index (κ2) is 7.03. The van der Waals surface area contributed by atoms with Gasteiger partial charge >= 0.3 is 5.97 Å². The van der Waals surface area contributed by atoms with E-state index < -0.39 is 5.97 Å². The molecule has 0 fully saturated rings. The van der Waals surface area contributed by atoms with E-state index in [1.807, 2.05) is 13.0 Å². The van der Waals surface area contributed by atoms with Crippen LogP contribution in [0.1, 0.15) is 48.3 Å². The molecule has 1 aromatic carbocycles. The number of hydrogen-bond donors (Lipinski definition) is 3. The molecule has 6 nitrogen and oxygen atoms in total. The second-order valence-electron chi connectivity index (χ2n) is 6.46. The summed E-state index contributed by atoms with van der Waals surface area (Å²) in [6.45, 7) is 1.88. The maximum absolute atomic E-state index is 12.4. The van der Waals surface area contributed by atoms with Crippen molar-refractivity contribution in [2.24, 2.45) is 11.7 Å². The number of nitrogens with two attached hydrogens (primary N) is 1. The molecule has 1 aromatic heterocycles. The van der Waals surface area contributed by atoms with Crippen LogP contribution in [0.25, 0.3) is 11.1 Å². The third-order valence-electron chi connectivity index (χ3n) is 4.60. The molecule has 0 aliphatic carbocycles. The lowest BCUT2D eigenvalue weighted by molar-refractivity contribution is -0.119. The Bertz CT molecular complexity index is 819. The Hall–Kier alpha value is -2.73. The molecular formula is C19H21N3O3. The van der Waals surface area contributed by atoms with E-state index in [0.29, 0.717) is 11.3 Å². The molecule has 2 atom stereocenters. The van der Waals surface area contributed by atoms with Crippen molar-refractivity contribution in [1.29, 1.82) is 0 Å². The minimum Gasteiger partial charge on any atom is -0.478 e. The summed E-state index contributed by atoms with van der Waals surface area (Å²) in [5, 5.41) is 12.2. The summed E-state index contributed by atoms with van der Waals surface area (Å²) in [4.78, 5) is 28.1. The standard InChI is InChI=1S/C19H21N3O3/c1-11-3-2-4-15(20)17-10-12(7-8-21-17)14-9-13(19(24)25)5-6-16(14)22-18(11)23/h5-11,15H,2-4,20H2,1H3,(H,22,23)(H,24,25)/t11-,15+/m1/s1. The van der Waals surface area contributed by atoms with Gasteiger partial charge in [-0.2, -0.15) is 0 Å². The smallest absolute Gasteiger partial charge is 0.335 e. The maximum Gasteiger partial charge on any atom is 0.335 e.